The van der Waals surface area contributed by atoms with Crippen LogP contribution in [0.2, 0.25) is 0 Å². The zero-order valence-corrected chi connectivity index (χ0v) is 14.1. The van der Waals surface area contributed by atoms with Crippen LogP contribution >= 0.6 is 15.9 Å². The highest BCUT2D eigenvalue weighted by Crippen LogP contribution is 2.33. The van der Waals surface area contributed by atoms with Crippen molar-refractivity contribution < 1.29 is 18.0 Å². The summed E-state index contributed by atoms with van der Waals surface area (Å²) in [6.45, 7) is 1.83. The summed E-state index contributed by atoms with van der Waals surface area (Å²) in [6, 6.07) is 6.83. The van der Waals surface area contributed by atoms with E-state index in [-0.39, 0.29) is 6.10 Å². The Morgan fingerprint density at radius 3 is 2.75 bits per heavy atom. The van der Waals surface area contributed by atoms with E-state index in [0.29, 0.717) is 28.1 Å². The predicted octanol–water partition coefficient (Wildman–Crippen LogP) is 5.32. The number of aromatic nitrogens is 1. The molecule has 0 bridgehead atoms. The molecule has 0 aliphatic carbocycles. The molecule has 2 heterocycles. The molecule has 8 heteroatoms. The van der Waals surface area contributed by atoms with Gasteiger partial charge in [-0.3, -0.25) is 4.98 Å². The van der Waals surface area contributed by atoms with Gasteiger partial charge in [-0.25, -0.2) is 0 Å². The molecule has 1 aliphatic rings. The average Bonchev–Trinajstić information content (AvgIpc) is 2.95. The second-order valence-electron chi connectivity index (χ2n) is 5.39. The first-order valence-corrected chi connectivity index (χ1v) is 7.91. The third kappa shape index (κ3) is 3.69. The second-order valence-corrected chi connectivity index (χ2v) is 6.31. The molecule has 1 aliphatic heterocycles. The zero-order valence-electron chi connectivity index (χ0n) is 12.6. The topological polar surface area (TPSA) is 46.5 Å². The van der Waals surface area contributed by atoms with Crippen LogP contribution in [0.1, 0.15) is 29.3 Å². The van der Waals surface area contributed by atoms with Crippen LogP contribution in [-0.2, 0) is 11.0 Å². The number of nitrogens with one attached hydrogen (secondary N) is 1. The molecule has 0 spiro atoms. The van der Waals surface area contributed by atoms with Crippen molar-refractivity contribution in [3.63, 3.8) is 0 Å². The lowest BCUT2D eigenvalue weighted by atomic mass is 10.1. The number of benzene rings is 1. The molecule has 1 unspecified atom stereocenters. The largest absolute Gasteiger partial charge is 0.416 e. The first-order valence-electron chi connectivity index (χ1n) is 7.12. The number of anilines is 2. The van der Waals surface area contributed by atoms with Gasteiger partial charge in [-0.15, -0.1) is 0 Å². The number of aryl methyl sites for hydroxylation is 1. The monoisotopic (exact) mass is 399 g/mol. The fraction of sp³-hybridized carbons (Fsp3) is 0.250. The van der Waals surface area contributed by atoms with E-state index in [1.54, 1.807) is 18.3 Å². The number of nitrogens with zero attached hydrogens (tertiary/aromatic N) is 2. The Hall–Kier alpha value is -2.09. The van der Waals surface area contributed by atoms with E-state index in [9.17, 15) is 13.2 Å². The number of halogens is 4. The van der Waals surface area contributed by atoms with E-state index in [1.165, 1.54) is 6.07 Å². The highest BCUT2D eigenvalue weighted by atomic mass is 79.9. The summed E-state index contributed by atoms with van der Waals surface area (Å²) in [4.78, 5) is 9.58. The smallest absolute Gasteiger partial charge is 0.385 e. The quantitative estimate of drug-likeness (QED) is 0.759. The van der Waals surface area contributed by atoms with Crippen LogP contribution in [0.4, 0.5) is 24.5 Å². The van der Waals surface area contributed by atoms with Crippen molar-refractivity contribution in [2.24, 2.45) is 5.16 Å². The Morgan fingerprint density at radius 2 is 2.08 bits per heavy atom. The molecule has 0 radical (unpaired) electrons. The summed E-state index contributed by atoms with van der Waals surface area (Å²) in [5, 5.41) is 6.83. The molecule has 1 aromatic heterocycles. The number of oxime groups is 1. The van der Waals surface area contributed by atoms with Crippen LogP contribution in [-0.4, -0.2) is 9.60 Å². The van der Waals surface area contributed by atoms with Gasteiger partial charge in [0, 0.05) is 24.0 Å². The van der Waals surface area contributed by atoms with Crippen molar-refractivity contribution in [1.29, 1.82) is 0 Å². The van der Waals surface area contributed by atoms with Gasteiger partial charge in [-0.05, 0) is 52.7 Å². The molecule has 0 fully saturated rings. The fourth-order valence-corrected chi connectivity index (χ4v) is 2.66. The molecule has 0 saturated heterocycles. The normalized spacial score (nSPS) is 17.4. The predicted molar refractivity (Wildman–Crippen MR) is 88.5 cm³/mol. The molecule has 24 heavy (non-hydrogen) atoms. The van der Waals surface area contributed by atoms with Gasteiger partial charge in [0.1, 0.15) is 4.62 Å². The third-order valence-corrected chi connectivity index (χ3v) is 4.02. The highest BCUT2D eigenvalue weighted by Gasteiger charge is 2.30. The van der Waals surface area contributed by atoms with Gasteiger partial charge < -0.3 is 10.2 Å². The van der Waals surface area contributed by atoms with Crippen molar-refractivity contribution in [2.75, 3.05) is 5.32 Å². The van der Waals surface area contributed by atoms with E-state index >= 15 is 0 Å². The minimum atomic E-state index is -4.38. The maximum atomic E-state index is 12.8. The van der Waals surface area contributed by atoms with Crippen molar-refractivity contribution in [3.05, 3.63) is 53.3 Å². The maximum absolute atomic E-state index is 12.8. The Kier molecular flexibility index (Phi) is 4.49. The third-order valence-electron chi connectivity index (χ3n) is 3.56. The number of rotatable bonds is 3. The summed E-state index contributed by atoms with van der Waals surface area (Å²) in [5.41, 5.74) is 1.80. The molecular formula is C16H13BrF3N3O. The van der Waals surface area contributed by atoms with Gasteiger partial charge in [0.15, 0.2) is 6.10 Å². The number of hydrogen-bond donors (Lipinski definition) is 1. The van der Waals surface area contributed by atoms with Gasteiger partial charge in [0.2, 0.25) is 0 Å². The lowest BCUT2D eigenvalue weighted by molar-refractivity contribution is -0.137. The van der Waals surface area contributed by atoms with Crippen LogP contribution in [0.3, 0.4) is 0 Å². The maximum Gasteiger partial charge on any atom is 0.416 e. The second kappa shape index (κ2) is 6.43. The molecule has 1 atom stereocenters. The first kappa shape index (κ1) is 16.8. The Labute approximate surface area is 144 Å². The Bertz CT molecular complexity index is 792. The van der Waals surface area contributed by atoms with E-state index in [2.05, 4.69) is 31.4 Å². The van der Waals surface area contributed by atoms with Crippen LogP contribution in [0, 0.1) is 6.92 Å². The van der Waals surface area contributed by atoms with E-state index in [0.717, 1.165) is 17.7 Å². The van der Waals surface area contributed by atoms with Crippen LogP contribution in [0.25, 0.3) is 0 Å². The van der Waals surface area contributed by atoms with Crippen LogP contribution in [0.5, 0.6) is 0 Å². The molecule has 2 aromatic rings. The van der Waals surface area contributed by atoms with Gasteiger partial charge in [0.05, 0.1) is 11.3 Å². The van der Waals surface area contributed by atoms with Crippen molar-refractivity contribution in [3.8, 4) is 0 Å². The zero-order chi connectivity index (χ0) is 17.3. The summed E-state index contributed by atoms with van der Waals surface area (Å²) >= 11 is 3.26. The minimum absolute atomic E-state index is 0.304. The van der Waals surface area contributed by atoms with Gasteiger partial charge >= 0.3 is 6.18 Å². The highest BCUT2D eigenvalue weighted by molar-refractivity contribution is 9.18. The first-order chi connectivity index (χ1) is 11.3. The van der Waals surface area contributed by atoms with Crippen LogP contribution < -0.4 is 5.32 Å². The van der Waals surface area contributed by atoms with Crippen LogP contribution in [0.15, 0.2) is 41.7 Å². The number of pyridine rings is 1. The summed E-state index contributed by atoms with van der Waals surface area (Å²) in [7, 11) is 0. The van der Waals surface area contributed by atoms with Gasteiger partial charge in [0.25, 0.3) is 0 Å². The molecule has 1 aromatic carbocycles. The Morgan fingerprint density at radius 1 is 1.29 bits per heavy atom. The fourth-order valence-electron chi connectivity index (χ4n) is 2.29. The van der Waals surface area contributed by atoms with Crippen molar-refractivity contribution in [2.45, 2.75) is 25.6 Å². The minimum Gasteiger partial charge on any atom is -0.385 e. The summed E-state index contributed by atoms with van der Waals surface area (Å²) in [5.74, 6) is 0. The standard InChI is InChI=1S/C16H13BrF3N3O/c1-9-8-21-13(14-7-15(17)23-24-14)6-12(9)22-11-4-2-3-10(5-11)16(18,19)20/h2-6,8,14H,7H2,1H3,(H,21,22). The van der Waals surface area contributed by atoms with Crippen molar-refractivity contribution >= 4 is 31.9 Å². The lowest BCUT2D eigenvalue weighted by Gasteiger charge is -2.14. The molecule has 0 saturated carbocycles. The van der Waals surface area contributed by atoms with Gasteiger partial charge in [-0.1, -0.05) is 11.2 Å². The lowest BCUT2D eigenvalue weighted by Crippen LogP contribution is -2.06. The SMILES string of the molecule is Cc1cnc(C2CC(Br)=NO2)cc1Nc1cccc(C(F)(F)F)c1. The summed E-state index contributed by atoms with van der Waals surface area (Å²) < 4.78 is 39.2. The van der Waals surface area contributed by atoms with Crippen molar-refractivity contribution in [1.82, 2.24) is 4.98 Å². The average molecular weight is 400 g/mol. The molecule has 126 valence electrons. The number of hydrogen-bond acceptors (Lipinski definition) is 4. The molecule has 3 rings (SSSR count). The molecule has 0 amide bonds. The Balaban J connectivity index is 1.85. The summed E-state index contributed by atoms with van der Waals surface area (Å²) in [6.07, 6.45) is -2.46. The van der Waals surface area contributed by atoms with E-state index in [1.807, 2.05) is 6.92 Å². The van der Waals surface area contributed by atoms with E-state index in [4.69, 9.17) is 4.84 Å². The molecule has 1 N–H and O–H groups in total. The molecule has 4 nitrogen and oxygen atoms in total. The van der Waals surface area contributed by atoms with Gasteiger partial charge in [-0.2, -0.15) is 13.2 Å². The van der Waals surface area contributed by atoms with E-state index < -0.39 is 11.7 Å². The number of alkyl halides is 3. The molecular weight excluding hydrogens is 387 g/mol.